The Kier molecular flexibility index (Phi) is 3.83. The summed E-state index contributed by atoms with van der Waals surface area (Å²) < 4.78 is 0.853. The summed E-state index contributed by atoms with van der Waals surface area (Å²) in [5, 5.41) is 6.95. The van der Waals surface area contributed by atoms with E-state index in [9.17, 15) is 4.79 Å². The Morgan fingerprint density at radius 2 is 2.26 bits per heavy atom. The number of anilines is 1. The highest BCUT2D eigenvalue weighted by molar-refractivity contribution is 9.10. The van der Waals surface area contributed by atoms with E-state index in [1.165, 1.54) is 12.8 Å². The molecule has 2 N–H and O–H groups in total. The third kappa shape index (κ3) is 2.67. The lowest BCUT2D eigenvalue weighted by Gasteiger charge is -2.18. The van der Waals surface area contributed by atoms with E-state index in [0.717, 1.165) is 23.1 Å². The van der Waals surface area contributed by atoms with Crippen LogP contribution in [0.1, 0.15) is 19.3 Å². The molecule has 3 unspecified atom stereocenters. The van der Waals surface area contributed by atoms with Gasteiger partial charge in [0.05, 0.1) is 11.7 Å². The molecule has 102 valence electrons. The van der Waals surface area contributed by atoms with E-state index in [0.29, 0.717) is 16.9 Å². The molecule has 0 aromatic heterocycles. The first-order chi connectivity index (χ1) is 9.15. The molecule has 3 rings (SSSR count). The first kappa shape index (κ1) is 13.4. The van der Waals surface area contributed by atoms with Crippen molar-refractivity contribution in [1.82, 2.24) is 5.32 Å². The predicted octanol–water partition coefficient (Wildman–Crippen LogP) is 3.43. The number of halogens is 2. The van der Waals surface area contributed by atoms with Gasteiger partial charge in [-0.3, -0.25) is 4.79 Å². The topological polar surface area (TPSA) is 41.1 Å². The molecular weight excluding hydrogens is 328 g/mol. The van der Waals surface area contributed by atoms with Gasteiger partial charge in [-0.15, -0.1) is 0 Å². The number of fused-ring (bicyclic) bond motifs is 1. The van der Waals surface area contributed by atoms with E-state index in [-0.39, 0.29) is 11.9 Å². The summed E-state index contributed by atoms with van der Waals surface area (Å²) >= 11 is 9.39. The van der Waals surface area contributed by atoms with Crippen molar-refractivity contribution in [2.75, 3.05) is 11.9 Å². The van der Waals surface area contributed by atoms with Crippen LogP contribution in [0.25, 0.3) is 0 Å². The number of amides is 1. The quantitative estimate of drug-likeness (QED) is 0.864. The molecule has 0 bridgehead atoms. The van der Waals surface area contributed by atoms with Gasteiger partial charge in [-0.05, 0) is 65.4 Å². The lowest BCUT2D eigenvalue weighted by molar-refractivity contribution is -0.118. The Bertz CT molecular complexity index is 508. The van der Waals surface area contributed by atoms with Gasteiger partial charge in [0.1, 0.15) is 0 Å². The van der Waals surface area contributed by atoms with E-state index in [1.807, 2.05) is 6.07 Å². The highest BCUT2D eigenvalue weighted by Gasteiger charge is 2.42. The Hall–Kier alpha value is -0.580. The fraction of sp³-hybridized carbons (Fsp3) is 0.500. The average Bonchev–Trinajstić information content (AvgIpc) is 2.95. The average molecular weight is 344 g/mol. The molecule has 0 spiro atoms. The van der Waals surface area contributed by atoms with Crippen molar-refractivity contribution in [3.63, 3.8) is 0 Å². The number of carbonyl (C=O) groups is 1. The van der Waals surface area contributed by atoms with E-state index >= 15 is 0 Å². The number of nitrogens with one attached hydrogen (secondary N) is 2. The summed E-state index contributed by atoms with van der Waals surface area (Å²) in [6, 6.07) is 5.35. The fourth-order valence-corrected chi connectivity index (χ4v) is 3.80. The van der Waals surface area contributed by atoms with E-state index < -0.39 is 0 Å². The summed E-state index contributed by atoms with van der Waals surface area (Å²) in [6.45, 7) is 0.972. The SMILES string of the molecule is O=C(Nc1cc(Cl)ccc1Br)C1NCC2CCCC21. The zero-order valence-electron chi connectivity index (χ0n) is 10.5. The van der Waals surface area contributed by atoms with E-state index in [4.69, 9.17) is 11.6 Å². The van der Waals surface area contributed by atoms with Gasteiger partial charge in [0.25, 0.3) is 0 Å². The minimum atomic E-state index is -0.0571. The van der Waals surface area contributed by atoms with Crippen LogP contribution in [-0.2, 0) is 4.79 Å². The van der Waals surface area contributed by atoms with Crippen LogP contribution < -0.4 is 10.6 Å². The van der Waals surface area contributed by atoms with Gasteiger partial charge in [0.15, 0.2) is 0 Å². The van der Waals surface area contributed by atoms with Crippen LogP contribution in [-0.4, -0.2) is 18.5 Å². The summed E-state index contributed by atoms with van der Waals surface area (Å²) in [5.41, 5.74) is 0.737. The van der Waals surface area contributed by atoms with E-state index in [2.05, 4.69) is 26.6 Å². The van der Waals surface area contributed by atoms with Gasteiger partial charge in [-0.25, -0.2) is 0 Å². The zero-order valence-corrected chi connectivity index (χ0v) is 12.8. The van der Waals surface area contributed by atoms with Crippen LogP contribution >= 0.6 is 27.5 Å². The van der Waals surface area contributed by atoms with Crippen molar-refractivity contribution in [1.29, 1.82) is 0 Å². The second kappa shape index (κ2) is 5.43. The molecule has 1 aromatic carbocycles. The first-order valence-corrected chi connectivity index (χ1v) is 7.81. The molecule has 3 nitrogen and oxygen atoms in total. The lowest BCUT2D eigenvalue weighted by Crippen LogP contribution is -2.39. The van der Waals surface area contributed by atoms with Gasteiger partial charge in [0, 0.05) is 9.50 Å². The zero-order chi connectivity index (χ0) is 13.4. The molecule has 2 aliphatic rings. The van der Waals surface area contributed by atoms with Crippen LogP contribution in [0.15, 0.2) is 22.7 Å². The second-order valence-electron chi connectivity index (χ2n) is 5.35. The standard InChI is InChI=1S/C14H16BrClN2O/c15-11-5-4-9(16)6-12(11)18-14(19)13-10-3-1-2-8(10)7-17-13/h4-6,8,10,13,17H,1-3,7H2,(H,18,19). The maximum absolute atomic E-state index is 12.4. The molecule has 1 saturated heterocycles. The van der Waals surface area contributed by atoms with Crippen molar-refractivity contribution in [3.8, 4) is 0 Å². The van der Waals surface area contributed by atoms with Crippen molar-refractivity contribution < 1.29 is 4.79 Å². The summed E-state index contributed by atoms with van der Waals surface area (Å²) in [5.74, 6) is 1.23. The minimum absolute atomic E-state index is 0.0531. The van der Waals surface area contributed by atoms with Crippen LogP contribution in [0.5, 0.6) is 0 Å². The molecule has 1 aliphatic heterocycles. The summed E-state index contributed by atoms with van der Waals surface area (Å²) in [4.78, 5) is 12.4. The Balaban J connectivity index is 1.73. The van der Waals surface area contributed by atoms with Gasteiger partial charge >= 0.3 is 0 Å². The molecule has 1 heterocycles. The van der Waals surface area contributed by atoms with Crippen molar-refractivity contribution in [2.24, 2.45) is 11.8 Å². The molecule has 1 aromatic rings. The van der Waals surface area contributed by atoms with Gasteiger partial charge in [0.2, 0.25) is 5.91 Å². The van der Waals surface area contributed by atoms with Gasteiger partial charge < -0.3 is 10.6 Å². The normalized spacial score (nSPS) is 29.3. The van der Waals surface area contributed by atoms with Crippen LogP contribution in [0.4, 0.5) is 5.69 Å². The Morgan fingerprint density at radius 1 is 1.42 bits per heavy atom. The molecule has 1 amide bonds. The third-order valence-corrected chi connectivity index (χ3v) is 5.14. The number of carbonyl (C=O) groups excluding carboxylic acids is 1. The maximum atomic E-state index is 12.4. The molecule has 5 heteroatoms. The van der Waals surface area contributed by atoms with Crippen LogP contribution in [0.3, 0.4) is 0 Å². The van der Waals surface area contributed by atoms with Crippen LogP contribution in [0.2, 0.25) is 5.02 Å². The summed E-state index contributed by atoms with van der Waals surface area (Å²) in [6.07, 6.45) is 3.66. The maximum Gasteiger partial charge on any atom is 0.241 e. The summed E-state index contributed by atoms with van der Waals surface area (Å²) in [7, 11) is 0. The molecule has 19 heavy (non-hydrogen) atoms. The fourth-order valence-electron chi connectivity index (χ4n) is 3.28. The molecular formula is C14H16BrClN2O. The largest absolute Gasteiger partial charge is 0.324 e. The number of rotatable bonds is 2. The van der Waals surface area contributed by atoms with Crippen molar-refractivity contribution in [3.05, 3.63) is 27.7 Å². The molecule has 1 aliphatic carbocycles. The Labute approximate surface area is 126 Å². The second-order valence-corrected chi connectivity index (χ2v) is 6.64. The van der Waals surface area contributed by atoms with Crippen molar-refractivity contribution in [2.45, 2.75) is 25.3 Å². The Morgan fingerprint density at radius 3 is 3.11 bits per heavy atom. The number of hydrogen-bond donors (Lipinski definition) is 2. The number of hydrogen-bond acceptors (Lipinski definition) is 2. The number of benzene rings is 1. The van der Waals surface area contributed by atoms with E-state index in [1.54, 1.807) is 12.1 Å². The lowest BCUT2D eigenvalue weighted by atomic mass is 9.93. The highest BCUT2D eigenvalue weighted by atomic mass is 79.9. The monoisotopic (exact) mass is 342 g/mol. The smallest absolute Gasteiger partial charge is 0.241 e. The van der Waals surface area contributed by atoms with Gasteiger partial charge in [-0.2, -0.15) is 0 Å². The predicted molar refractivity (Wildman–Crippen MR) is 80.4 cm³/mol. The van der Waals surface area contributed by atoms with Gasteiger partial charge in [-0.1, -0.05) is 18.0 Å². The molecule has 3 atom stereocenters. The highest BCUT2D eigenvalue weighted by Crippen LogP contribution is 2.38. The minimum Gasteiger partial charge on any atom is -0.324 e. The third-order valence-electron chi connectivity index (χ3n) is 4.21. The molecule has 0 radical (unpaired) electrons. The van der Waals surface area contributed by atoms with Crippen molar-refractivity contribution >= 4 is 39.1 Å². The first-order valence-electron chi connectivity index (χ1n) is 6.64. The molecule has 1 saturated carbocycles. The molecule has 2 fully saturated rings. The van der Waals surface area contributed by atoms with Crippen LogP contribution in [0, 0.1) is 11.8 Å².